The van der Waals surface area contributed by atoms with E-state index in [4.69, 9.17) is 0 Å². The highest BCUT2D eigenvalue weighted by molar-refractivity contribution is 6.26. The average Bonchev–Trinajstić information content (AvgIpc) is 3.64. The summed E-state index contributed by atoms with van der Waals surface area (Å²) in [4.78, 5) is 2.43. The third-order valence-corrected chi connectivity index (χ3v) is 12.0. The summed E-state index contributed by atoms with van der Waals surface area (Å²) in [6.07, 6.45) is 0. The predicted octanol–water partition coefficient (Wildman–Crippen LogP) is 13.9. The van der Waals surface area contributed by atoms with E-state index in [9.17, 15) is 0 Å². The van der Waals surface area contributed by atoms with Crippen LogP contribution in [0.15, 0.2) is 170 Å². The molecule has 0 atom stereocenters. The molecule has 1 heteroatoms. The Labute approximate surface area is 310 Å². The highest BCUT2D eigenvalue weighted by Gasteiger charge is 2.52. The summed E-state index contributed by atoms with van der Waals surface area (Å²) in [5.74, 6) is 0. The second-order valence-corrected chi connectivity index (χ2v) is 15.1. The molecule has 11 rings (SSSR count). The van der Waals surface area contributed by atoms with Gasteiger partial charge in [-0.3, -0.25) is 0 Å². The quantitative estimate of drug-likeness (QED) is 0.169. The zero-order valence-electron chi connectivity index (χ0n) is 30.1. The molecule has 0 saturated heterocycles. The standard InChI is InChI=1S/C52H37N/c1-32-12-10-14-35(26-32)53(36-15-11-13-33(2)27-36)37-23-25-43-47-30-45-39-17-5-4-16-38(39)44-28-34(3)22-24-40(44)46(45)31-51(47)52(50(43)29-37)48-20-8-6-18-41(48)42-19-7-9-21-49(42)52/h4-31H,1-3H3. The van der Waals surface area contributed by atoms with Crippen molar-refractivity contribution in [3.05, 3.63) is 209 Å². The summed E-state index contributed by atoms with van der Waals surface area (Å²) in [5, 5.41) is 7.87. The zero-order chi connectivity index (χ0) is 35.4. The van der Waals surface area contributed by atoms with Gasteiger partial charge in [0.05, 0.1) is 5.41 Å². The minimum Gasteiger partial charge on any atom is -0.310 e. The first kappa shape index (κ1) is 30.2. The fraction of sp³-hybridized carbons (Fsp3) is 0.0769. The molecule has 0 radical (unpaired) electrons. The van der Waals surface area contributed by atoms with Gasteiger partial charge in [-0.15, -0.1) is 0 Å². The summed E-state index contributed by atoms with van der Waals surface area (Å²) in [7, 11) is 0. The Bertz CT molecular complexity index is 2910. The van der Waals surface area contributed by atoms with Gasteiger partial charge in [-0.05, 0) is 157 Å². The van der Waals surface area contributed by atoms with Crippen LogP contribution in [-0.2, 0) is 5.41 Å². The van der Waals surface area contributed by atoms with Crippen LogP contribution in [0.25, 0.3) is 54.6 Å². The lowest BCUT2D eigenvalue weighted by molar-refractivity contribution is 0.795. The first-order chi connectivity index (χ1) is 26.0. The maximum Gasteiger partial charge on any atom is 0.0726 e. The van der Waals surface area contributed by atoms with E-state index < -0.39 is 5.41 Å². The van der Waals surface area contributed by atoms with Gasteiger partial charge >= 0.3 is 0 Å². The lowest BCUT2D eigenvalue weighted by Gasteiger charge is -2.32. The molecule has 9 aromatic rings. The van der Waals surface area contributed by atoms with Gasteiger partial charge in [0.2, 0.25) is 0 Å². The Morgan fingerprint density at radius 3 is 1.43 bits per heavy atom. The van der Waals surface area contributed by atoms with Crippen LogP contribution in [0, 0.1) is 20.8 Å². The Morgan fingerprint density at radius 2 is 0.792 bits per heavy atom. The van der Waals surface area contributed by atoms with E-state index in [2.05, 4.69) is 196 Å². The lowest BCUT2D eigenvalue weighted by atomic mass is 9.70. The molecule has 0 aliphatic heterocycles. The van der Waals surface area contributed by atoms with Crippen LogP contribution in [0.3, 0.4) is 0 Å². The molecule has 0 N–H and O–H groups in total. The number of benzene rings is 9. The Hall–Kier alpha value is -6.44. The minimum absolute atomic E-state index is 0.477. The lowest BCUT2D eigenvalue weighted by Crippen LogP contribution is -2.26. The summed E-state index contributed by atoms with van der Waals surface area (Å²) in [6, 6.07) is 64.3. The van der Waals surface area contributed by atoms with Gasteiger partial charge in [0, 0.05) is 17.1 Å². The van der Waals surface area contributed by atoms with Crippen LogP contribution in [0.1, 0.15) is 38.9 Å². The van der Waals surface area contributed by atoms with Gasteiger partial charge in [-0.1, -0.05) is 127 Å². The summed E-state index contributed by atoms with van der Waals surface area (Å²) >= 11 is 0. The number of nitrogens with zero attached hydrogens (tertiary/aromatic N) is 1. The van der Waals surface area contributed by atoms with Crippen LogP contribution in [0.2, 0.25) is 0 Å². The maximum absolute atomic E-state index is 2.56. The van der Waals surface area contributed by atoms with Crippen molar-refractivity contribution in [3.63, 3.8) is 0 Å². The van der Waals surface area contributed by atoms with Crippen molar-refractivity contribution < 1.29 is 0 Å². The van der Waals surface area contributed by atoms with Crippen LogP contribution in [-0.4, -0.2) is 0 Å². The predicted molar refractivity (Wildman–Crippen MR) is 224 cm³/mol. The topological polar surface area (TPSA) is 3.24 Å². The van der Waals surface area contributed by atoms with E-state index in [-0.39, 0.29) is 0 Å². The van der Waals surface area contributed by atoms with Gasteiger partial charge in [-0.25, -0.2) is 0 Å². The average molecular weight is 676 g/mol. The molecule has 0 saturated carbocycles. The first-order valence-electron chi connectivity index (χ1n) is 18.7. The van der Waals surface area contributed by atoms with E-state index >= 15 is 0 Å². The molecule has 250 valence electrons. The third kappa shape index (κ3) is 4.14. The molecular weight excluding hydrogens is 639 g/mol. The molecule has 53 heavy (non-hydrogen) atoms. The summed E-state index contributed by atoms with van der Waals surface area (Å²) in [6.45, 7) is 6.56. The van der Waals surface area contributed by atoms with Gasteiger partial charge in [0.15, 0.2) is 0 Å². The zero-order valence-corrected chi connectivity index (χ0v) is 30.1. The number of hydrogen-bond donors (Lipinski definition) is 0. The van der Waals surface area contributed by atoms with Gasteiger partial charge in [0.1, 0.15) is 0 Å². The highest BCUT2D eigenvalue weighted by Crippen LogP contribution is 2.64. The van der Waals surface area contributed by atoms with Gasteiger partial charge in [0.25, 0.3) is 0 Å². The van der Waals surface area contributed by atoms with Crippen molar-refractivity contribution in [2.45, 2.75) is 26.2 Å². The van der Waals surface area contributed by atoms with Gasteiger partial charge in [-0.2, -0.15) is 0 Å². The Morgan fingerprint density at radius 1 is 0.302 bits per heavy atom. The number of aryl methyl sites for hydroxylation is 3. The smallest absolute Gasteiger partial charge is 0.0726 e. The monoisotopic (exact) mass is 675 g/mol. The largest absolute Gasteiger partial charge is 0.310 e. The SMILES string of the molecule is Cc1cccc(N(c2cccc(C)c2)c2ccc3c(c2)C2(c4ccccc4-c4ccccc42)c2cc4c5ccc(C)cc5c5ccccc5c4cc2-3)c1. The molecule has 0 bridgehead atoms. The van der Waals surface area contributed by atoms with Crippen molar-refractivity contribution in [2.24, 2.45) is 0 Å². The molecule has 0 amide bonds. The van der Waals surface area contributed by atoms with Crippen molar-refractivity contribution >= 4 is 49.4 Å². The van der Waals surface area contributed by atoms with E-state index in [0.29, 0.717) is 0 Å². The van der Waals surface area contributed by atoms with E-state index in [1.165, 1.54) is 93.5 Å². The minimum atomic E-state index is -0.477. The fourth-order valence-corrected chi connectivity index (χ4v) is 9.81. The third-order valence-electron chi connectivity index (χ3n) is 12.0. The Balaban J connectivity index is 1.28. The molecular formula is C52H37N. The van der Waals surface area contributed by atoms with E-state index in [1.54, 1.807) is 0 Å². The molecule has 2 aliphatic carbocycles. The number of rotatable bonds is 3. The van der Waals surface area contributed by atoms with Crippen LogP contribution < -0.4 is 4.90 Å². The van der Waals surface area contributed by atoms with Crippen LogP contribution in [0.4, 0.5) is 17.1 Å². The number of hydrogen-bond acceptors (Lipinski definition) is 1. The van der Waals surface area contributed by atoms with Crippen LogP contribution in [0.5, 0.6) is 0 Å². The highest BCUT2D eigenvalue weighted by atomic mass is 15.1. The van der Waals surface area contributed by atoms with Gasteiger partial charge < -0.3 is 4.90 Å². The first-order valence-corrected chi connectivity index (χ1v) is 18.7. The normalized spacial score (nSPS) is 13.3. The second-order valence-electron chi connectivity index (χ2n) is 15.1. The molecule has 0 fully saturated rings. The molecule has 1 nitrogen and oxygen atoms in total. The van der Waals surface area contributed by atoms with Crippen molar-refractivity contribution in [3.8, 4) is 22.3 Å². The van der Waals surface area contributed by atoms with Crippen molar-refractivity contribution in [1.82, 2.24) is 0 Å². The molecule has 0 unspecified atom stereocenters. The van der Waals surface area contributed by atoms with Crippen molar-refractivity contribution in [1.29, 1.82) is 0 Å². The molecule has 2 aliphatic rings. The summed E-state index contributed by atoms with van der Waals surface area (Å²) < 4.78 is 0. The van der Waals surface area contributed by atoms with Crippen molar-refractivity contribution in [2.75, 3.05) is 4.90 Å². The summed E-state index contributed by atoms with van der Waals surface area (Å²) in [5.41, 5.74) is 17.4. The van der Waals surface area contributed by atoms with E-state index in [1.807, 2.05) is 0 Å². The number of fused-ring (bicyclic) bond motifs is 16. The van der Waals surface area contributed by atoms with Crippen LogP contribution >= 0.6 is 0 Å². The molecule has 1 spiro atoms. The number of anilines is 3. The van der Waals surface area contributed by atoms with E-state index in [0.717, 1.165) is 17.1 Å². The maximum atomic E-state index is 2.56. The molecule has 0 heterocycles. The second kappa shape index (κ2) is 11.0. The Kier molecular flexibility index (Phi) is 6.29. The fourth-order valence-electron chi connectivity index (χ4n) is 9.81. The molecule has 0 aromatic heterocycles. The molecule has 9 aromatic carbocycles.